The van der Waals surface area contributed by atoms with E-state index in [0.29, 0.717) is 44.6 Å². The molecule has 21 heavy (non-hydrogen) atoms. The van der Waals surface area contributed by atoms with Crippen LogP contribution in [-0.2, 0) is 14.9 Å². The number of rotatable bonds is 3. The fourth-order valence-corrected chi connectivity index (χ4v) is 6.57. The van der Waals surface area contributed by atoms with E-state index in [1.54, 1.807) is 19.9 Å². The first kappa shape index (κ1) is 15.8. The number of thiophene rings is 1. The topological polar surface area (TPSA) is 49.9 Å². The van der Waals surface area contributed by atoms with E-state index in [2.05, 4.69) is 17.5 Å². The zero-order valence-electron chi connectivity index (χ0n) is 11.8. The largest absolute Gasteiger partial charge is 0.379 e. The third kappa shape index (κ3) is 3.62. The van der Waals surface area contributed by atoms with Gasteiger partial charge in [-0.25, -0.2) is 0 Å². The molecule has 0 radical (unpaired) electrons. The number of hydrogen-bond donors (Lipinski definition) is 0. The Morgan fingerprint density at radius 3 is 2.62 bits per heavy atom. The summed E-state index contributed by atoms with van der Waals surface area (Å²) in [4.78, 5) is 1.35. The lowest BCUT2D eigenvalue weighted by atomic mass is 10.2. The zero-order chi connectivity index (χ0) is 14.7. The molecule has 0 aliphatic carbocycles. The molecule has 0 saturated carbocycles. The van der Waals surface area contributed by atoms with Crippen molar-refractivity contribution in [2.75, 3.05) is 45.1 Å². The number of thioether (sulfide) groups is 1. The van der Waals surface area contributed by atoms with E-state index in [-0.39, 0.29) is 0 Å². The lowest BCUT2D eigenvalue weighted by molar-refractivity contribution is 0.0703. The van der Waals surface area contributed by atoms with Crippen LogP contribution in [0.15, 0.2) is 17.5 Å². The van der Waals surface area contributed by atoms with Gasteiger partial charge in [0.1, 0.15) is 0 Å². The summed E-state index contributed by atoms with van der Waals surface area (Å²) < 4.78 is 33.8. The Hall–Kier alpha value is -0.120. The summed E-state index contributed by atoms with van der Waals surface area (Å²) in [5.41, 5.74) is 0. The smallest absolute Gasteiger partial charge is 0.282 e. The molecule has 1 aromatic rings. The lowest BCUT2D eigenvalue weighted by Gasteiger charge is -2.31. The molecule has 118 valence electrons. The summed E-state index contributed by atoms with van der Waals surface area (Å²) in [6.45, 7) is 3.15. The summed E-state index contributed by atoms with van der Waals surface area (Å²) >= 11 is 3.63. The maximum atomic E-state index is 12.7. The molecule has 2 aliphatic rings. The van der Waals surface area contributed by atoms with Gasteiger partial charge >= 0.3 is 0 Å². The second-order valence-corrected chi connectivity index (χ2v) is 9.30. The van der Waals surface area contributed by atoms with Crippen molar-refractivity contribution in [3.8, 4) is 0 Å². The van der Waals surface area contributed by atoms with Gasteiger partial charge in [0.2, 0.25) is 0 Å². The molecule has 0 spiro atoms. The van der Waals surface area contributed by atoms with Crippen LogP contribution in [0.25, 0.3) is 0 Å². The first-order chi connectivity index (χ1) is 10.2. The number of morpholine rings is 1. The van der Waals surface area contributed by atoms with Gasteiger partial charge in [-0.3, -0.25) is 0 Å². The Morgan fingerprint density at radius 2 is 1.90 bits per heavy atom. The molecule has 1 aromatic heterocycles. The fraction of sp³-hybridized carbons (Fsp3) is 0.692. The highest BCUT2D eigenvalue weighted by Crippen LogP contribution is 2.37. The molecule has 1 atom stereocenters. The van der Waals surface area contributed by atoms with Gasteiger partial charge in [-0.05, 0) is 17.9 Å². The van der Waals surface area contributed by atoms with Gasteiger partial charge in [0, 0.05) is 42.1 Å². The van der Waals surface area contributed by atoms with E-state index in [9.17, 15) is 8.42 Å². The monoisotopic (exact) mass is 348 g/mol. The summed E-state index contributed by atoms with van der Waals surface area (Å²) in [5.74, 6) is 0.853. The predicted molar refractivity (Wildman–Crippen MR) is 87.0 cm³/mol. The quantitative estimate of drug-likeness (QED) is 0.836. The Morgan fingerprint density at radius 1 is 1.14 bits per heavy atom. The van der Waals surface area contributed by atoms with E-state index < -0.39 is 10.2 Å². The minimum Gasteiger partial charge on any atom is -0.379 e. The van der Waals surface area contributed by atoms with E-state index >= 15 is 0 Å². The third-order valence-corrected chi connectivity index (χ3v) is 8.26. The van der Waals surface area contributed by atoms with Gasteiger partial charge < -0.3 is 4.74 Å². The van der Waals surface area contributed by atoms with Crippen molar-refractivity contribution >= 4 is 33.3 Å². The van der Waals surface area contributed by atoms with Crippen molar-refractivity contribution in [3.05, 3.63) is 22.4 Å². The van der Waals surface area contributed by atoms with Gasteiger partial charge in [0.15, 0.2) is 0 Å². The van der Waals surface area contributed by atoms with Crippen LogP contribution in [-0.4, -0.2) is 62.2 Å². The van der Waals surface area contributed by atoms with Crippen molar-refractivity contribution in [3.63, 3.8) is 0 Å². The van der Waals surface area contributed by atoms with Crippen molar-refractivity contribution in [2.45, 2.75) is 11.7 Å². The first-order valence-corrected chi connectivity index (χ1v) is 10.5. The minimum atomic E-state index is -3.32. The maximum Gasteiger partial charge on any atom is 0.282 e. The van der Waals surface area contributed by atoms with E-state index in [4.69, 9.17) is 4.74 Å². The minimum absolute atomic E-state index is 0.426. The molecule has 8 heteroatoms. The first-order valence-electron chi connectivity index (χ1n) is 7.16. The molecular weight excluding hydrogens is 328 g/mol. The van der Waals surface area contributed by atoms with Crippen molar-refractivity contribution in [2.24, 2.45) is 0 Å². The molecule has 0 unspecified atom stereocenters. The van der Waals surface area contributed by atoms with Crippen molar-refractivity contribution in [1.29, 1.82) is 0 Å². The van der Waals surface area contributed by atoms with Crippen LogP contribution in [0.2, 0.25) is 0 Å². The Kier molecular flexibility index (Phi) is 5.23. The Balaban J connectivity index is 1.66. The van der Waals surface area contributed by atoms with Crippen LogP contribution in [0.5, 0.6) is 0 Å². The van der Waals surface area contributed by atoms with Crippen LogP contribution in [0.4, 0.5) is 0 Å². The van der Waals surface area contributed by atoms with Gasteiger partial charge in [0.05, 0.1) is 13.2 Å². The summed E-state index contributed by atoms with van der Waals surface area (Å²) in [6, 6.07) is 4.21. The summed E-state index contributed by atoms with van der Waals surface area (Å²) in [5, 5.41) is 2.51. The van der Waals surface area contributed by atoms with Crippen LogP contribution in [0.3, 0.4) is 0 Å². The second-order valence-electron chi connectivity index (χ2n) is 5.08. The molecule has 2 aliphatic heterocycles. The highest BCUT2D eigenvalue weighted by molar-refractivity contribution is 7.99. The third-order valence-electron chi connectivity index (χ3n) is 3.78. The highest BCUT2D eigenvalue weighted by atomic mass is 32.2. The van der Waals surface area contributed by atoms with Gasteiger partial charge in [-0.15, -0.1) is 11.3 Å². The summed E-state index contributed by atoms with van der Waals surface area (Å²) in [7, 11) is -3.32. The molecular formula is C13H20N2O3S3. The van der Waals surface area contributed by atoms with E-state index in [1.165, 1.54) is 4.88 Å². The van der Waals surface area contributed by atoms with Crippen molar-refractivity contribution in [1.82, 2.24) is 8.61 Å². The van der Waals surface area contributed by atoms with Gasteiger partial charge in [0.25, 0.3) is 10.2 Å². The molecule has 5 nitrogen and oxygen atoms in total. The van der Waals surface area contributed by atoms with Crippen LogP contribution < -0.4 is 0 Å². The van der Waals surface area contributed by atoms with E-state index in [1.807, 2.05) is 11.8 Å². The molecule has 2 saturated heterocycles. The molecule has 0 bridgehead atoms. The van der Waals surface area contributed by atoms with Crippen molar-refractivity contribution < 1.29 is 13.2 Å². The van der Waals surface area contributed by atoms with Gasteiger partial charge in [-0.1, -0.05) is 6.07 Å². The lowest BCUT2D eigenvalue weighted by Crippen LogP contribution is -2.49. The molecule has 3 heterocycles. The Labute approximate surface area is 134 Å². The standard InChI is InChI=1S/C13H20N2O3S3/c16-21(17,15-5-8-18-9-6-15)14-4-3-13(20-11-7-14)12-2-1-10-19-12/h1-2,10,13H,3-9,11H2/t13-/m1/s1. The molecule has 0 amide bonds. The second kappa shape index (κ2) is 6.97. The number of ether oxygens (including phenoxy) is 1. The molecule has 0 N–H and O–H groups in total. The van der Waals surface area contributed by atoms with E-state index in [0.717, 1.165) is 12.2 Å². The van der Waals surface area contributed by atoms with Crippen LogP contribution in [0, 0.1) is 0 Å². The van der Waals surface area contributed by atoms with Crippen LogP contribution >= 0.6 is 23.1 Å². The highest BCUT2D eigenvalue weighted by Gasteiger charge is 2.32. The molecule has 2 fully saturated rings. The number of nitrogens with zero attached hydrogens (tertiary/aromatic N) is 2. The SMILES string of the molecule is O=S(=O)(N1CCOCC1)N1CCS[C@@H](c2cccs2)CC1. The van der Waals surface area contributed by atoms with Crippen LogP contribution in [0.1, 0.15) is 16.5 Å². The number of hydrogen-bond acceptors (Lipinski definition) is 5. The molecule has 0 aromatic carbocycles. The normalized spacial score (nSPS) is 26.6. The Bertz CT molecular complexity index is 541. The fourth-order valence-electron chi connectivity index (χ4n) is 2.62. The zero-order valence-corrected chi connectivity index (χ0v) is 14.3. The average Bonchev–Trinajstić information content (AvgIpc) is 2.92. The average molecular weight is 349 g/mol. The maximum absolute atomic E-state index is 12.7. The van der Waals surface area contributed by atoms with Gasteiger partial charge in [-0.2, -0.15) is 28.8 Å². The predicted octanol–water partition coefficient (Wildman–Crippen LogP) is 1.81. The molecule has 3 rings (SSSR count). The summed E-state index contributed by atoms with van der Waals surface area (Å²) in [6.07, 6.45) is 0.884.